The molecule has 22 heavy (non-hydrogen) atoms. The van der Waals surface area contributed by atoms with Gasteiger partial charge in [0, 0.05) is 16.7 Å². The predicted molar refractivity (Wildman–Crippen MR) is 87.9 cm³/mol. The highest BCUT2D eigenvalue weighted by Crippen LogP contribution is 2.36. The topological polar surface area (TPSA) is 25.8 Å². The largest absolute Gasteiger partial charge is 0.417 e. The molecule has 0 fully saturated rings. The summed E-state index contributed by atoms with van der Waals surface area (Å²) in [5.41, 5.74) is 0.103. The summed E-state index contributed by atoms with van der Waals surface area (Å²) in [5, 5.41) is 0.566. The van der Waals surface area contributed by atoms with E-state index < -0.39 is 11.7 Å². The van der Waals surface area contributed by atoms with E-state index in [0.29, 0.717) is 15.4 Å². The van der Waals surface area contributed by atoms with Crippen molar-refractivity contribution in [1.82, 2.24) is 9.97 Å². The van der Waals surface area contributed by atoms with Crippen molar-refractivity contribution in [2.75, 3.05) is 5.75 Å². The average Bonchev–Trinajstić information content (AvgIpc) is 2.88. The molecular weight excluding hydrogens is 329 g/mol. The average molecular weight is 342 g/mol. The number of hydrogen-bond donors (Lipinski definition) is 0. The fourth-order valence-corrected chi connectivity index (χ4v) is 3.42. The van der Waals surface area contributed by atoms with Crippen LogP contribution in [0.2, 0.25) is 0 Å². The highest BCUT2D eigenvalue weighted by Gasteiger charge is 2.31. The van der Waals surface area contributed by atoms with Gasteiger partial charge in [-0.1, -0.05) is 37.5 Å². The summed E-state index contributed by atoms with van der Waals surface area (Å²) in [6, 6.07) is 1.01. The maximum Gasteiger partial charge on any atom is 0.417 e. The number of allylic oxidation sites excluding steroid dienone is 3. The van der Waals surface area contributed by atoms with Crippen molar-refractivity contribution in [1.29, 1.82) is 0 Å². The van der Waals surface area contributed by atoms with Gasteiger partial charge in [-0.15, -0.1) is 11.8 Å². The zero-order valence-corrected chi connectivity index (χ0v) is 13.4. The second-order valence-electron chi connectivity index (χ2n) is 4.24. The third-order valence-electron chi connectivity index (χ3n) is 2.70. The molecule has 0 aliphatic carbocycles. The van der Waals surface area contributed by atoms with Crippen LogP contribution in [-0.2, 0) is 6.18 Å². The Bertz CT molecular complexity index is 745. The Labute approximate surface area is 134 Å². The van der Waals surface area contributed by atoms with Crippen molar-refractivity contribution in [2.45, 2.75) is 13.1 Å². The molecule has 0 saturated heterocycles. The van der Waals surface area contributed by atoms with Gasteiger partial charge in [0.25, 0.3) is 0 Å². The Kier molecular flexibility index (Phi) is 5.08. The first-order valence-electron chi connectivity index (χ1n) is 6.35. The third-order valence-corrected chi connectivity index (χ3v) is 4.72. The number of thiazole rings is 1. The molecule has 0 unspecified atom stereocenters. The number of nitrogens with zero attached hydrogens (tertiary/aromatic N) is 2. The molecule has 2 rings (SSSR count). The highest BCUT2D eigenvalue weighted by molar-refractivity contribution is 8.03. The van der Waals surface area contributed by atoms with E-state index in [1.165, 1.54) is 11.3 Å². The summed E-state index contributed by atoms with van der Waals surface area (Å²) in [7, 11) is 0. The predicted octanol–water partition coefficient (Wildman–Crippen LogP) is 5.55. The molecule has 116 valence electrons. The third kappa shape index (κ3) is 3.59. The standard InChI is InChI=1S/C15H13F3N2S2/c1-4-6-12(21-5-2)9(3)13-20-11-7-10(15(16,17)18)8-19-14(11)22-13/h4,6-8H,1,3,5H2,2H3/b12-6+. The van der Waals surface area contributed by atoms with E-state index in [9.17, 15) is 13.2 Å². The van der Waals surface area contributed by atoms with Crippen LogP contribution in [0.25, 0.3) is 15.9 Å². The van der Waals surface area contributed by atoms with Gasteiger partial charge in [-0.25, -0.2) is 9.97 Å². The fraction of sp³-hybridized carbons (Fsp3) is 0.200. The molecule has 2 aromatic rings. The van der Waals surface area contributed by atoms with Crippen molar-refractivity contribution < 1.29 is 13.2 Å². The van der Waals surface area contributed by atoms with Crippen molar-refractivity contribution in [3.8, 4) is 0 Å². The minimum absolute atomic E-state index is 0.232. The molecule has 0 radical (unpaired) electrons. The summed E-state index contributed by atoms with van der Waals surface area (Å²) >= 11 is 2.80. The van der Waals surface area contributed by atoms with Gasteiger partial charge < -0.3 is 0 Å². The van der Waals surface area contributed by atoms with Crippen LogP contribution in [0.1, 0.15) is 17.5 Å². The second kappa shape index (κ2) is 6.66. The number of hydrogen-bond acceptors (Lipinski definition) is 4. The van der Waals surface area contributed by atoms with Gasteiger partial charge >= 0.3 is 6.18 Å². The Morgan fingerprint density at radius 2 is 2.18 bits per heavy atom. The zero-order valence-electron chi connectivity index (χ0n) is 11.8. The first-order chi connectivity index (χ1) is 10.4. The molecule has 0 N–H and O–H groups in total. The van der Waals surface area contributed by atoms with Gasteiger partial charge in [-0.3, -0.25) is 0 Å². The maximum absolute atomic E-state index is 12.7. The van der Waals surface area contributed by atoms with Gasteiger partial charge in [-0.2, -0.15) is 13.2 Å². The van der Waals surface area contributed by atoms with Crippen LogP contribution in [0.4, 0.5) is 13.2 Å². The van der Waals surface area contributed by atoms with Gasteiger partial charge in [-0.05, 0) is 17.9 Å². The van der Waals surface area contributed by atoms with Crippen molar-refractivity contribution >= 4 is 39.0 Å². The summed E-state index contributed by atoms with van der Waals surface area (Å²) in [5.74, 6) is 0.847. The van der Waals surface area contributed by atoms with Gasteiger partial charge in [0.05, 0.1) is 5.56 Å². The molecule has 0 aliphatic heterocycles. The lowest BCUT2D eigenvalue weighted by atomic mass is 10.2. The highest BCUT2D eigenvalue weighted by atomic mass is 32.2. The van der Waals surface area contributed by atoms with Gasteiger partial charge in [0.1, 0.15) is 15.4 Å². The minimum atomic E-state index is -4.42. The molecule has 0 saturated carbocycles. The first kappa shape index (κ1) is 16.8. The molecule has 0 atom stereocenters. The Hall–Kier alpha value is -1.60. The smallest absolute Gasteiger partial charge is 0.243 e. The molecule has 0 spiro atoms. The van der Waals surface area contributed by atoms with E-state index >= 15 is 0 Å². The normalized spacial score (nSPS) is 12.6. The molecule has 0 bridgehead atoms. The van der Waals surface area contributed by atoms with Crippen LogP contribution < -0.4 is 0 Å². The van der Waals surface area contributed by atoms with E-state index in [2.05, 4.69) is 23.1 Å². The minimum Gasteiger partial charge on any atom is -0.243 e. The van der Waals surface area contributed by atoms with Gasteiger partial charge in [0.2, 0.25) is 0 Å². The van der Waals surface area contributed by atoms with E-state index in [1.54, 1.807) is 17.8 Å². The summed E-state index contributed by atoms with van der Waals surface area (Å²) in [4.78, 5) is 9.45. The summed E-state index contributed by atoms with van der Waals surface area (Å²) < 4.78 is 38.1. The molecule has 0 aliphatic rings. The fourth-order valence-electron chi connectivity index (χ4n) is 1.71. The number of fused-ring (bicyclic) bond motifs is 1. The second-order valence-corrected chi connectivity index (χ2v) is 6.53. The number of rotatable bonds is 5. The zero-order chi connectivity index (χ0) is 16.3. The monoisotopic (exact) mass is 342 g/mol. The molecule has 2 nitrogen and oxygen atoms in total. The van der Waals surface area contributed by atoms with E-state index in [1.807, 2.05) is 13.0 Å². The molecule has 0 aromatic carbocycles. The lowest BCUT2D eigenvalue weighted by molar-refractivity contribution is -0.137. The lowest BCUT2D eigenvalue weighted by Crippen LogP contribution is -2.04. The number of halogens is 3. The molecule has 0 amide bonds. The number of aromatic nitrogens is 2. The van der Waals surface area contributed by atoms with Crippen LogP contribution in [0.15, 0.2) is 42.5 Å². The van der Waals surface area contributed by atoms with Crippen LogP contribution in [0.3, 0.4) is 0 Å². The van der Waals surface area contributed by atoms with Crippen LogP contribution in [-0.4, -0.2) is 15.7 Å². The Morgan fingerprint density at radius 3 is 2.77 bits per heavy atom. The molecule has 2 heterocycles. The van der Waals surface area contributed by atoms with Gasteiger partial charge in [0.15, 0.2) is 0 Å². The summed E-state index contributed by atoms with van der Waals surface area (Å²) in [6.07, 6.45) is -0.129. The Morgan fingerprint density at radius 1 is 1.45 bits per heavy atom. The molecule has 7 heteroatoms. The first-order valence-corrected chi connectivity index (χ1v) is 8.16. The Balaban J connectivity index is 2.42. The molecular formula is C15H13F3N2S2. The van der Waals surface area contributed by atoms with Crippen LogP contribution >= 0.6 is 23.1 Å². The van der Waals surface area contributed by atoms with E-state index in [0.717, 1.165) is 22.9 Å². The number of pyridine rings is 1. The van der Waals surface area contributed by atoms with Crippen molar-refractivity contribution in [3.63, 3.8) is 0 Å². The maximum atomic E-state index is 12.7. The van der Waals surface area contributed by atoms with E-state index in [-0.39, 0.29) is 5.52 Å². The quantitative estimate of drug-likeness (QED) is 0.667. The van der Waals surface area contributed by atoms with Crippen molar-refractivity contribution in [3.05, 3.63) is 53.0 Å². The number of alkyl halides is 3. The summed E-state index contributed by atoms with van der Waals surface area (Å²) in [6.45, 7) is 9.65. The lowest BCUT2D eigenvalue weighted by Gasteiger charge is -2.05. The van der Waals surface area contributed by atoms with E-state index in [4.69, 9.17) is 0 Å². The molecule has 2 aromatic heterocycles. The van der Waals surface area contributed by atoms with Crippen molar-refractivity contribution in [2.24, 2.45) is 0 Å². The number of thioether (sulfide) groups is 1. The van der Waals surface area contributed by atoms with Crippen LogP contribution in [0, 0.1) is 0 Å². The van der Waals surface area contributed by atoms with Crippen LogP contribution in [0.5, 0.6) is 0 Å². The SMILES string of the molecule is C=C/C=C(/SCC)C(=C)c1nc2cc(C(F)(F)F)cnc2s1.